The molecule has 0 amide bonds. The van der Waals surface area contributed by atoms with Crippen molar-refractivity contribution in [3.63, 3.8) is 0 Å². The normalized spacial score (nSPS) is 12.4. The number of aliphatic imine (C=N–C) groups is 1. The van der Waals surface area contributed by atoms with Gasteiger partial charge in [0.1, 0.15) is 0 Å². The van der Waals surface area contributed by atoms with Crippen molar-refractivity contribution in [3.8, 4) is 0 Å². The van der Waals surface area contributed by atoms with Gasteiger partial charge < -0.3 is 11.5 Å². The summed E-state index contributed by atoms with van der Waals surface area (Å²) in [6.45, 7) is 5.09. The molecule has 106 valence electrons. The number of nitrogens with zero attached hydrogens (tertiary/aromatic N) is 1. The molecule has 5 heteroatoms. The number of rotatable bonds is 7. The second-order valence-electron chi connectivity index (χ2n) is 4.84. The molecule has 0 fully saturated rings. The zero-order valence-corrected chi connectivity index (χ0v) is 11.6. The second-order valence-corrected chi connectivity index (χ2v) is 4.84. The summed E-state index contributed by atoms with van der Waals surface area (Å²) in [5.41, 5.74) is 12.7. The predicted molar refractivity (Wildman–Crippen MR) is 77.6 cm³/mol. The predicted octanol–water partition coefficient (Wildman–Crippen LogP) is 1.86. The van der Waals surface area contributed by atoms with Gasteiger partial charge in [0.05, 0.1) is 0 Å². The lowest BCUT2D eigenvalue weighted by Crippen LogP contribution is -2.27. The molecular formula is C14H23FN4. The van der Waals surface area contributed by atoms with E-state index in [2.05, 4.69) is 36.3 Å². The number of nitrogens with one attached hydrogen (secondary N) is 1. The van der Waals surface area contributed by atoms with Crippen molar-refractivity contribution < 1.29 is 4.39 Å². The minimum Gasteiger partial charge on any atom is -0.370 e. The summed E-state index contributed by atoms with van der Waals surface area (Å²) in [5, 5.41) is 2.80. The van der Waals surface area contributed by atoms with Gasteiger partial charge in [-0.25, -0.2) is 4.39 Å². The first-order valence-electron chi connectivity index (χ1n) is 6.50. The average Bonchev–Trinajstić information content (AvgIpc) is 2.36. The van der Waals surface area contributed by atoms with Crippen molar-refractivity contribution in [2.75, 3.05) is 6.54 Å². The van der Waals surface area contributed by atoms with E-state index in [-0.39, 0.29) is 12.4 Å². The maximum absolute atomic E-state index is 13.5. The highest BCUT2D eigenvalue weighted by atomic mass is 19.1. The third-order valence-corrected chi connectivity index (χ3v) is 2.85. The Hall–Kier alpha value is -1.62. The number of halogens is 1. The Morgan fingerprint density at radius 1 is 1.26 bits per heavy atom. The van der Waals surface area contributed by atoms with Crippen LogP contribution in [0.3, 0.4) is 0 Å². The fourth-order valence-corrected chi connectivity index (χ4v) is 1.66. The highest BCUT2D eigenvalue weighted by molar-refractivity contribution is 5.75. The van der Waals surface area contributed by atoms with Crippen LogP contribution in [0.15, 0.2) is 29.3 Å². The highest BCUT2D eigenvalue weighted by Crippen LogP contribution is 2.14. The largest absolute Gasteiger partial charge is 0.370 e. The molecule has 1 unspecified atom stereocenters. The zero-order chi connectivity index (χ0) is 14.3. The Bertz CT molecular complexity index is 396. The minimum absolute atomic E-state index is 0.00326. The van der Waals surface area contributed by atoms with Crippen LogP contribution in [-0.4, -0.2) is 18.8 Å². The summed E-state index contributed by atoms with van der Waals surface area (Å²) in [6, 6.07) is 8.19. The van der Waals surface area contributed by atoms with Crippen molar-refractivity contribution in [2.45, 2.75) is 39.0 Å². The van der Waals surface area contributed by atoms with E-state index < -0.39 is 6.30 Å². The second kappa shape index (κ2) is 7.74. The molecule has 0 spiro atoms. The lowest BCUT2D eigenvalue weighted by Gasteiger charge is -2.11. The topological polar surface area (TPSA) is 76.4 Å². The van der Waals surface area contributed by atoms with Gasteiger partial charge in [-0.1, -0.05) is 38.1 Å². The van der Waals surface area contributed by atoms with Crippen LogP contribution in [0.1, 0.15) is 37.3 Å². The molecule has 0 aromatic heterocycles. The third kappa shape index (κ3) is 6.20. The SMILES string of the molecule is CC(C)c1ccc(CNC(F)CCN=C(N)N)cc1. The molecular weight excluding hydrogens is 243 g/mol. The molecule has 1 aromatic rings. The number of alkyl halides is 1. The molecule has 1 rings (SSSR count). The van der Waals surface area contributed by atoms with Gasteiger partial charge in [-0.2, -0.15) is 0 Å². The molecule has 0 saturated heterocycles. The van der Waals surface area contributed by atoms with E-state index in [0.29, 0.717) is 19.0 Å². The Balaban J connectivity index is 2.33. The minimum atomic E-state index is -1.10. The van der Waals surface area contributed by atoms with Gasteiger partial charge in [0, 0.05) is 19.5 Å². The molecule has 4 nitrogen and oxygen atoms in total. The van der Waals surface area contributed by atoms with E-state index in [4.69, 9.17) is 11.5 Å². The fourth-order valence-electron chi connectivity index (χ4n) is 1.66. The molecule has 0 aliphatic heterocycles. The standard InChI is InChI=1S/C14H23FN4/c1-10(2)12-5-3-11(4-6-12)9-19-13(15)7-8-18-14(16)17/h3-6,10,13,19H,7-9H2,1-2H3,(H4,16,17,18). The summed E-state index contributed by atoms with van der Waals surface area (Å²) >= 11 is 0. The maximum Gasteiger partial charge on any atom is 0.185 e. The number of guanidine groups is 1. The lowest BCUT2D eigenvalue weighted by atomic mass is 10.0. The highest BCUT2D eigenvalue weighted by Gasteiger charge is 2.05. The van der Waals surface area contributed by atoms with E-state index in [0.717, 1.165) is 5.56 Å². The van der Waals surface area contributed by atoms with Crippen molar-refractivity contribution in [2.24, 2.45) is 16.5 Å². The molecule has 0 aliphatic carbocycles. The van der Waals surface area contributed by atoms with Crippen LogP contribution in [0.2, 0.25) is 0 Å². The summed E-state index contributed by atoms with van der Waals surface area (Å²) in [7, 11) is 0. The van der Waals surface area contributed by atoms with Gasteiger partial charge in [-0.15, -0.1) is 0 Å². The Morgan fingerprint density at radius 3 is 2.42 bits per heavy atom. The average molecular weight is 266 g/mol. The van der Waals surface area contributed by atoms with E-state index in [9.17, 15) is 4.39 Å². The molecule has 19 heavy (non-hydrogen) atoms. The van der Waals surface area contributed by atoms with Gasteiger partial charge in [-0.3, -0.25) is 10.3 Å². The third-order valence-electron chi connectivity index (χ3n) is 2.85. The van der Waals surface area contributed by atoms with Crippen molar-refractivity contribution in [3.05, 3.63) is 35.4 Å². The van der Waals surface area contributed by atoms with Crippen LogP contribution >= 0.6 is 0 Å². The molecule has 0 saturated carbocycles. The molecule has 0 aliphatic rings. The van der Waals surface area contributed by atoms with Gasteiger partial charge in [0.2, 0.25) is 0 Å². The van der Waals surface area contributed by atoms with E-state index >= 15 is 0 Å². The number of benzene rings is 1. The van der Waals surface area contributed by atoms with Crippen LogP contribution < -0.4 is 16.8 Å². The number of nitrogens with two attached hydrogens (primary N) is 2. The van der Waals surface area contributed by atoms with Crippen LogP contribution in [-0.2, 0) is 6.54 Å². The van der Waals surface area contributed by atoms with E-state index in [1.54, 1.807) is 0 Å². The van der Waals surface area contributed by atoms with Gasteiger partial charge >= 0.3 is 0 Å². The number of hydrogen-bond acceptors (Lipinski definition) is 2. The monoisotopic (exact) mass is 266 g/mol. The maximum atomic E-state index is 13.5. The Morgan fingerprint density at radius 2 is 1.89 bits per heavy atom. The molecule has 1 aromatic carbocycles. The van der Waals surface area contributed by atoms with Gasteiger partial charge in [0.15, 0.2) is 12.3 Å². The summed E-state index contributed by atoms with van der Waals surface area (Å²) in [4.78, 5) is 3.74. The smallest absolute Gasteiger partial charge is 0.185 e. The van der Waals surface area contributed by atoms with Gasteiger partial charge in [-0.05, 0) is 17.0 Å². The quantitative estimate of drug-likeness (QED) is 0.400. The van der Waals surface area contributed by atoms with Crippen molar-refractivity contribution in [1.82, 2.24) is 5.32 Å². The molecule has 1 atom stereocenters. The van der Waals surface area contributed by atoms with E-state index in [1.165, 1.54) is 5.56 Å². The van der Waals surface area contributed by atoms with Crippen LogP contribution in [0.25, 0.3) is 0 Å². The van der Waals surface area contributed by atoms with Crippen LogP contribution in [0.5, 0.6) is 0 Å². The summed E-state index contributed by atoms with van der Waals surface area (Å²) in [6.07, 6.45) is -0.838. The van der Waals surface area contributed by atoms with Crippen molar-refractivity contribution >= 4 is 5.96 Å². The Labute approximate surface area is 114 Å². The first kappa shape index (κ1) is 15.4. The molecule has 0 bridgehead atoms. The van der Waals surface area contributed by atoms with Crippen LogP contribution in [0, 0.1) is 0 Å². The zero-order valence-electron chi connectivity index (χ0n) is 11.6. The first-order valence-corrected chi connectivity index (χ1v) is 6.50. The first-order chi connectivity index (χ1) is 8.99. The van der Waals surface area contributed by atoms with Crippen molar-refractivity contribution in [1.29, 1.82) is 0 Å². The molecule has 0 radical (unpaired) electrons. The van der Waals surface area contributed by atoms with Gasteiger partial charge in [0.25, 0.3) is 0 Å². The molecule has 0 heterocycles. The lowest BCUT2D eigenvalue weighted by molar-refractivity contribution is 0.259. The Kier molecular flexibility index (Phi) is 6.29. The fraction of sp³-hybridized carbons (Fsp3) is 0.500. The summed E-state index contributed by atoms with van der Waals surface area (Å²) in [5.74, 6) is 0.506. The summed E-state index contributed by atoms with van der Waals surface area (Å²) < 4.78 is 13.5. The van der Waals surface area contributed by atoms with E-state index in [1.807, 2.05) is 12.1 Å². The number of hydrogen-bond donors (Lipinski definition) is 3. The molecule has 5 N–H and O–H groups in total. The van der Waals surface area contributed by atoms with Crippen LogP contribution in [0.4, 0.5) is 4.39 Å².